The number of carbonyl (C=O) groups is 2. The average Bonchev–Trinajstić information content (AvgIpc) is 2.73. The number of carbonyl (C=O) groups excluding carboxylic acids is 2. The van der Waals surface area contributed by atoms with E-state index >= 15 is 0 Å². The van der Waals surface area contributed by atoms with E-state index in [-0.39, 0.29) is 37.2 Å². The van der Waals surface area contributed by atoms with Crippen LogP contribution in [0.3, 0.4) is 0 Å². The van der Waals surface area contributed by atoms with Gasteiger partial charge in [-0.05, 0) is 30.3 Å². The molecule has 0 aliphatic rings. The van der Waals surface area contributed by atoms with Crippen LogP contribution in [-0.2, 0) is 10.9 Å². The van der Waals surface area contributed by atoms with Crippen LogP contribution in [0.1, 0.15) is 26.3 Å². The van der Waals surface area contributed by atoms with Gasteiger partial charge in [0, 0.05) is 32.8 Å². The molecular weight excluding hydrogens is 439 g/mol. The second-order valence-corrected chi connectivity index (χ2v) is 7.39. The molecule has 0 radical (unpaired) electrons. The van der Waals surface area contributed by atoms with E-state index in [0.29, 0.717) is 6.29 Å². The number of hydrogen-bond acceptors (Lipinski definition) is 5. The van der Waals surface area contributed by atoms with Gasteiger partial charge in [-0.1, -0.05) is 41.6 Å². The number of pyridine rings is 1. The van der Waals surface area contributed by atoms with E-state index in [1.807, 2.05) is 0 Å². The van der Waals surface area contributed by atoms with Crippen molar-refractivity contribution in [3.63, 3.8) is 0 Å². The number of rotatable bonds is 5. The molecule has 3 rings (SSSR count). The molecule has 1 aromatic heterocycles. The highest BCUT2D eigenvalue weighted by Crippen LogP contribution is 2.46. The largest absolute Gasteiger partial charge is 0.465 e. The van der Waals surface area contributed by atoms with Gasteiger partial charge in [-0.25, -0.2) is 9.78 Å². The molecular formula is C21H13ClF3NO3S. The molecule has 30 heavy (non-hydrogen) atoms. The topological polar surface area (TPSA) is 56.3 Å². The number of ether oxygens (including phenoxy) is 1. The fraction of sp³-hybridized carbons (Fsp3) is 0.0952. The van der Waals surface area contributed by atoms with Gasteiger partial charge in [0.1, 0.15) is 5.03 Å². The first-order chi connectivity index (χ1) is 14.3. The maximum atomic E-state index is 13.9. The van der Waals surface area contributed by atoms with E-state index in [1.54, 1.807) is 0 Å². The highest BCUT2D eigenvalue weighted by atomic mass is 35.5. The quantitative estimate of drug-likeness (QED) is 0.343. The molecule has 0 unspecified atom stereocenters. The van der Waals surface area contributed by atoms with Crippen molar-refractivity contribution in [3.05, 3.63) is 76.4 Å². The van der Waals surface area contributed by atoms with E-state index in [1.165, 1.54) is 55.8 Å². The van der Waals surface area contributed by atoms with Gasteiger partial charge in [0.2, 0.25) is 0 Å². The molecule has 0 saturated carbocycles. The highest BCUT2D eigenvalue weighted by molar-refractivity contribution is 7.99. The molecule has 9 heteroatoms. The van der Waals surface area contributed by atoms with Gasteiger partial charge < -0.3 is 4.74 Å². The van der Waals surface area contributed by atoms with Crippen LogP contribution in [0.5, 0.6) is 0 Å². The summed E-state index contributed by atoms with van der Waals surface area (Å²) in [4.78, 5) is 27.8. The Kier molecular flexibility index (Phi) is 6.48. The van der Waals surface area contributed by atoms with Crippen molar-refractivity contribution >= 4 is 35.6 Å². The fourth-order valence-corrected chi connectivity index (χ4v) is 4.17. The molecule has 1 heterocycles. The Bertz CT molecular complexity index is 1120. The summed E-state index contributed by atoms with van der Waals surface area (Å²) in [6, 6.07) is 10.9. The molecule has 0 spiro atoms. The molecule has 0 aliphatic carbocycles. The maximum Gasteiger partial charge on any atom is 0.417 e. The van der Waals surface area contributed by atoms with Gasteiger partial charge in [0.05, 0.1) is 18.2 Å². The van der Waals surface area contributed by atoms with Crippen LogP contribution in [0, 0.1) is 0 Å². The van der Waals surface area contributed by atoms with Crippen LogP contribution >= 0.6 is 23.4 Å². The average molecular weight is 452 g/mol. The summed E-state index contributed by atoms with van der Waals surface area (Å²) in [6.45, 7) is 0. The maximum absolute atomic E-state index is 13.9. The van der Waals surface area contributed by atoms with Crippen LogP contribution in [0.2, 0.25) is 5.02 Å². The predicted octanol–water partition coefficient (Wildman–Crippen LogP) is 6.17. The van der Waals surface area contributed by atoms with Gasteiger partial charge >= 0.3 is 12.1 Å². The van der Waals surface area contributed by atoms with E-state index in [2.05, 4.69) is 4.98 Å². The molecule has 0 N–H and O–H groups in total. The van der Waals surface area contributed by atoms with Crippen molar-refractivity contribution in [1.29, 1.82) is 0 Å². The minimum atomic E-state index is -4.71. The number of methoxy groups -OCH3 is 1. The van der Waals surface area contributed by atoms with Crippen LogP contribution in [-0.4, -0.2) is 24.3 Å². The first-order valence-corrected chi connectivity index (χ1v) is 9.62. The zero-order valence-electron chi connectivity index (χ0n) is 15.4. The predicted molar refractivity (Wildman–Crippen MR) is 107 cm³/mol. The Morgan fingerprint density at radius 2 is 1.83 bits per heavy atom. The lowest BCUT2D eigenvalue weighted by molar-refractivity contribution is -0.137. The van der Waals surface area contributed by atoms with Crippen molar-refractivity contribution < 1.29 is 27.5 Å². The monoisotopic (exact) mass is 451 g/mol. The molecule has 0 bridgehead atoms. The molecule has 154 valence electrons. The Hall–Kier alpha value is -2.84. The summed E-state index contributed by atoms with van der Waals surface area (Å²) in [5, 5.41) is 0.150. The molecule has 3 aromatic rings. The smallest absolute Gasteiger partial charge is 0.417 e. The fourth-order valence-electron chi connectivity index (χ4n) is 2.85. The molecule has 0 amide bonds. The number of benzene rings is 2. The third kappa shape index (κ3) is 4.34. The summed E-state index contributed by atoms with van der Waals surface area (Å²) < 4.78 is 46.3. The normalized spacial score (nSPS) is 11.2. The van der Waals surface area contributed by atoms with Gasteiger partial charge in [0.25, 0.3) is 0 Å². The zero-order chi connectivity index (χ0) is 21.9. The number of esters is 1. The van der Waals surface area contributed by atoms with Crippen molar-refractivity contribution in [1.82, 2.24) is 4.98 Å². The molecule has 0 atom stereocenters. The van der Waals surface area contributed by atoms with Gasteiger partial charge in [-0.3, -0.25) is 4.79 Å². The molecule has 0 saturated heterocycles. The van der Waals surface area contributed by atoms with Crippen LogP contribution in [0.25, 0.3) is 11.1 Å². The van der Waals surface area contributed by atoms with Crippen molar-refractivity contribution in [3.8, 4) is 11.1 Å². The third-order valence-corrected chi connectivity index (χ3v) is 5.53. The second kappa shape index (κ2) is 8.89. The molecule has 0 fully saturated rings. The number of halogens is 4. The Balaban J connectivity index is 2.29. The summed E-state index contributed by atoms with van der Waals surface area (Å²) in [7, 11) is 1.19. The second-order valence-electron chi connectivity index (χ2n) is 5.95. The Labute approximate surface area is 179 Å². The number of nitrogens with zero attached hydrogens (tertiary/aromatic N) is 1. The number of hydrogen-bond donors (Lipinski definition) is 0. The number of aldehydes is 1. The van der Waals surface area contributed by atoms with Crippen LogP contribution < -0.4 is 0 Å². The molecule has 0 aliphatic heterocycles. The van der Waals surface area contributed by atoms with Crippen LogP contribution in [0.15, 0.2) is 64.6 Å². The lowest BCUT2D eigenvalue weighted by Crippen LogP contribution is -2.09. The SMILES string of the molecule is COC(=O)c1cccnc1Sc1cccc(C(F)(F)F)c1-c1c(Cl)cccc1C=O. The Morgan fingerprint density at radius 3 is 2.50 bits per heavy atom. The number of aromatic nitrogens is 1. The van der Waals surface area contributed by atoms with Gasteiger partial charge in [-0.15, -0.1) is 0 Å². The minimum absolute atomic E-state index is 0.00707. The molecule has 4 nitrogen and oxygen atoms in total. The van der Waals surface area contributed by atoms with Crippen LogP contribution in [0.4, 0.5) is 13.2 Å². The van der Waals surface area contributed by atoms with E-state index in [0.717, 1.165) is 17.8 Å². The first-order valence-electron chi connectivity index (χ1n) is 8.43. The van der Waals surface area contributed by atoms with Crippen molar-refractivity contribution in [2.24, 2.45) is 0 Å². The van der Waals surface area contributed by atoms with E-state index in [4.69, 9.17) is 16.3 Å². The lowest BCUT2D eigenvalue weighted by atomic mass is 9.95. The zero-order valence-corrected chi connectivity index (χ0v) is 16.9. The summed E-state index contributed by atoms with van der Waals surface area (Å²) in [5.74, 6) is -0.676. The van der Waals surface area contributed by atoms with Crippen molar-refractivity contribution in [2.45, 2.75) is 16.1 Å². The number of alkyl halides is 3. The van der Waals surface area contributed by atoms with Gasteiger partial charge in [-0.2, -0.15) is 13.2 Å². The summed E-state index contributed by atoms with van der Waals surface area (Å²) >= 11 is 7.07. The Morgan fingerprint density at radius 1 is 1.10 bits per heavy atom. The standard InChI is InChI=1S/C21H13ClF3NO3S/c1-29-20(28)13-6-4-10-26-19(13)30-16-9-3-7-14(21(23,24)25)18(16)17-12(11-27)5-2-8-15(17)22/h2-11H,1H3. The highest BCUT2D eigenvalue weighted by Gasteiger charge is 2.36. The summed E-state index contributed by atoms with van der Waals surface area (Å²) in [5.41, 5.74) is -1.15. The van der Waals surface area contributed by atoms with E-state index < -0.39 is 17.7 Å². The van der Waals surface area contributed by atoms with Gasteiger partial charge in [0.15, 0.2) is 6.29 Å². The summed E-state index contributed by atoms with van der Waals surface area (Å²) in [6.07, 6.45) is -2.85. The van der Waals surface area contributed by atoms with E-state index in [9.17, 15) is 22.8 Å². The molecule has 2 aromatic carbocycles. The third-order valence-electron chi connectivity index (χ3n) is 4.14. The van der Waals surface area contributed by atoms with Crippen molar-refractivity contribution in [2.75, 3.05) is 7.11 Å². The minimum Gasteiger partial charge on any atom is -0.465 e. The lowest BCUT2D eigenvalue weighted by Gasteiger charge is -2.19. The first kappa shape index (κ1) is 21.9.